The summed E-state index contributed by atoms with van der Waals surface area (Å²) in [5.74, 6) is -0.572. The fourth-order valence-electron chi connectivity index (χ4n) is 4.71. The molecule has 2 N–H and O–H groups in total. The van der Waals surface area contributed by atoms with Crippen molar-refractivity contribution in [2.75, 3.05) is 38.1 Å². The largest absolute Gasteiger partial charge is 0.372 e. The van der Waals surface area contributed by atoms with E-state index in [0.29, 0.717) is 30.0 Å². The van der Waals surface area contributed by atoms with Gasteiger partial charge in [-0.05, 0) is 24.6 Å². The zero-order valence-corrected chi connectivity index (χ0v) is 18.7. The molecule has 8 nitrogen and oxygen atoms in total. The van der Waals surface area contributed by atoms with Crippen LogP contribution >= 0.6 is 0 Å². The van der Waals surface area contributed by atoms with Gasteiger partial charge >= 0.3 is 0 Å². The number of H-pyrrole nitrogens is 1. The maximum atomic E-state index is 15.3. The number of aromatic amines is 1. The van der Waals surface area contributed by atoms with Crippen LogP contribution in [0.25, 0.3) is 10.9 Å². The third-order valence-electron chi connectivity index (χ3n) is 6.54. The number of pyridine rings is 2. The topological polar surface area (TPSA) is 90.6 Å². The molecule has 1 fully saturated rings. The van der Waals surface area contributed by atoms with Crippen LogP contribution in [0, 0.1) is 12.7 Å². The molecular formula is C24H26FN5O3. The molecule has 0 spiro atoms. The number of carbonyl (C=O) groups is 1. The van der Waals surface area contributed by atoms with Crippen LogP contribution in [0.2, 0.25) is 0 Å². The van der Waals surface area contributed by atoms with Crippen LogP contribution in [0.1, 0.15) is 32.9 Å². The third kappa shape index (κ3) is 3.87. The molecule has 1 saturated heterocycles. The first-order chi connectivity index (χ1) is 16.0. The summed E-state index contributed by atoms with van der Waals surface area (Å²) < 4.78 is 20.7. The second kappa shape index (κ2) is 8.57. The molecule has 2 aliphatic heterocycles. The standard InChI is InChI=1S/C24H26FN5O3/c1-14-20(6-5-19(27-14)24(32)26-2)30-9-7-29(8-10-30)11-15-3-4-16-17-12-33-13-18(17)23(31)28-22(16)21(15)25/h3-6H,7-13H2,1-2H3,(H,26,32)(H,28,31). The van der Waals surface area contributed by atoms with E-state index in [1.807, 2.05) is 25.1 Å². The highest BCUT2D eigenvalue weighted by Gasteiger charge is 2.24. The van der Waals surface area contributed by atoms with Crippen LogP contribution in [0.4, 0.5) is 10.1 Å². The lowest BCUT2D eigenvalue weighted by Gasteiger charge is -2.36. The van der Waals surface area contributed by atoms with E-state index in [9.17, 15) is 9.59 Å². The van der Waals surface area contributed by atoms with Crippen molar-refractivity contribution in [1.29, 1.82) is 0 Å². The Kier molecular flexibility index (Phi) is 5.59. The summed E-state index contributed by atoms with van der Waals surface area (Å²) >= 11 is 0. The number of hydrogen-bond donors (Lipinski definition) is 2. The molecule has 2 aliphatic rings. The molecule has 2 aromatic heterocycles. The van der Waals surface area contributed by atoms with Crippen LogP contribution in [-0.4, -0.2) is 54.0 Å². The van der Waals surface area contributed by atoms with Gasteiger partial charge in [0.05, 0.1) is 30.1 Å². The molecule has 9 heteroatoms. The Bertz CT molecular complexity index is 1300. The number of amides is 1. The normalized spacial score (nSPS) is 16.3. The second-order valence-electron chi connectivity index (χ2n) is 8.51. The molecule has 0 atom stereocenters. The number of piperazine rings is 1. The molecule has 0 bridgehead atoms. The third-order valence-corrected chi connectivity index (χ3v) is 6.54. The van der Waals surface area contributed by atoms with Gasteiger partial charge in [-0.1, -0.05) is 12.1 Å². The van der Waals surface area contributed by atoms with Crippen LogP contribution in [0.3, 0.4) is 0 Å². The van der Waals surface area contributed by atoms with Gasteiger partial charge in [0.25, 0.3) is 11.5 Å². The number of benzene rings is 1. The van der Waals surface area contributed by atoms with Gasteiger partial charge in [0.15, 0.2) is 5.82 Å². The minimum atomic E-state index is -0.369. The summed E-state index contributed by atoms with van der Waals surface area (Å²) in [6.45, 7) is 6.08. The van der Waals surface area contributed by atoms with E-state index in [2.05, 4.69) is 25.1 Å². The zero-order valence-electron chi connectivity index (χ0n) is 18.7. The number of ether oxygens (including phenoxy) is 1. The molecule has 5 rings (SSSR count). The molecule has 33 heavy (non-hydrogen) atoms. The number of halogens is 1. The Labute approximate surface area is 190 Å². The quantitative estimate of drug-likeness (QED) is 0.631. The fourth-order valence-corrected chi connectivity index (χ4v) is 4.71. The molecule has 0 saturated carbocycles. The van der Waals surface area contributed by atoms with Crippen molar-refractivity contribution in [3.63, 3.8) is 0 Å². The van der Waals surface area contributed by atoms with E-state index in [1.54, 1.807) is 13.1 Å². The van der Waals surface area contributed by atoms with E-state index < -0.39 is 0 Å². The lowest BCUT2D eigenvalue weighted by molar-refractivity contribution is 0.0958. The van der Waals surface area contributed by atoms with Crippen molar-refractivity contribution in [3.8, 4) is 0 Å². The van der Waals surface area contributed by atoms with E-state index >= 15 is 4.39 Å². The second-order valence-corrected chi connectivity index (χ2v) is 8.51. The Morgan fingerprint density at radius 2 is 1.91 bits per heavy atom. The number of aromatic nitrogens is 2. The lowest BCUT2D eigenvalue weighted by Crippen LogP contribution is -2.46. The maximum Gasteiger partial charge on any atom is 0.269 e. The summed E-state index contributed by atoms with van der Waals surface area (Å²) in [7, 11) is 1.59. The van der Waals surface area contributed by atoms with Crippen molar-refractivity contribution in [1.82, 2.24) is 20.2 Å². The van der Waals surface area contributed by atoms with E-state index in [0.717, 1.165) is 48.5 Å². The van der Waals surface area contributed by atoms with Crippen LogP contribution in [-0.2, 0) is 24.5 Å². The lowest BCUT2D eigenvalue weighted by atomic mass is 10.0. The van der Waals surface area contributed by atoms with Gasteiger partial charge in [-0.25, -0.2) is 9.37 Å². The fraction of sp³-hybridized carbons (Fsp3) is 0.375. The molecule has 1 aromatic carbocycles. The average Bonchev–Trinajstić information content (AvgIpc) is 3.32. The van der Waals surface area contributed by atoms with Crippen molar-refractivity contribution in [3.05, 3.63) is 68.5 Å². The van der Waals surface area contributed by atoms with Crippen LogP contribution in [0.5, 0.6) is 0 Å². The Morgan fingerprint density at radius 1 is 1.15 bits per heavy atom. The molecule has 4 heterocycles. The van der Waals surface area contributed by atoms with Gasteiger partial charge in [0.2, 0.25) is 0 Å². The smallest absolute Gasteiger partial charge is 0.269 e. The number of fused-ring (bicyclic) bond motifs is 3. The predicted octanol–water partition coefficient (Wildman–Crippen LogP) is 2.08. The number of carbonyl (C=O) groups excluding carboxylic acids is 1. The number of rotatable bonds is 4. The first-order valence-corrected chi connectivity index (χ1v) is 11.1. The number of aryl methyl sites for hydroxylation is 1. The van der Waals surface area contributed by atoms with Crippen LogP contribution in [0.15, 0.2) is 29.1 Å². The number of hydrogen-bond acceptors (Lipinski definition) is 6. The molecule has 172 valence electrons. The summed E-state index contributed by atoms with van der Waals surface area (Å²) in [5.41, 5.74) is 4.17. The minimum Gasteiger partial charge on any atom is -0.372 e. The average molecular weight is 452 g/mol. The van der Waals surface area contributed by atoms with Crippen molar-refractivity contribution < 1.29 is 13.9 Å². The summed E-state index contributed by atoms with van der Waals surface area (Å²) in [4.78, 5) is 35.7. The highest BCUT2D eigenvalue weighted by molar-refractivity contribution is 5.92. The van der Waals surface area contributed by atoms with Crippen molar-refractivity contribution in [2.45, 2.75) is 26.7 Å². The molecule has 3 aromatic rings. The highest BCUT2D eigenvalue weighted by Crippen LogP contribution is 2.28. The monoisotopic (exact) mass is 451 g/mol. The number of nitrogens with zero attached hydrogens (tertiary/aromatic N) is 3. The molecule has 0 unspecified atom stereocenters. The first-order valence-electron chi connectivity index (χ1n) is 11.1. The maximum absolute atomic E-state index is 15.3. The van der Waals surface area contributed by atoms with Gasteiger partial charge in [-0.15, -0.1) is 0 Å². The van der Waals surface area contributed by atoms with Gasteiger partial charge in [0.1, 0.15) is 5.69 Å². The van der Waals surface area contributed by atoms with Gasteiger partial charge in [0, 0.05) is 56.3 Å². The van der Waals surface area contributed by atoms with E-state index in [1.165, 1.54) is 0 Å². The van der Waals surface area contributed by atoms with Crippen molar-refractivity contribution >= 4 is 22.5 Å². The van der Waals surface area contributed by atoms with Crippen molar-refractivity contribution in [2.24, 2.45) is 0 Å². The van der Waals surface area contributed by atoms with Gasteiger partial charge < -0.3 is 19.9 Å². The Hall–Kier alpha value is -3.30. The Morgan fingerprint density at radius 3 is 2.64 bits per heavy atom. The van der Waals surface area contributed by atoms with Gasteiger partial charge in [-0.2, -0.15) is 0 Å². The van der Waals surface area contributed by atoms with E-state index in [4.69, 9.17) is 4.74 Å². The predicted molar refractivity (Wildman–Crippen MR) is 123 cm³/mol. The summed E-state index contributed by atoms with van der Waals surface area (Å²) in [6.07, 6.45) is 0. The summed E-state index contributed by atoms with van der Waals surface area (Å²) in [6, 6.07) is 7.37. The number of nitrogens with one attached hydrogen (secondary N) is 2. The highest BCUT2D eigenvalue weighted by atomic mass is 19.1. The zero-order chi connectivity index (χ0) is 23.1. The number of anilines is 1. The Balaban J connectivity index is 1.30. The SMILES string of the molecule is CNC(=O)c1ccc(N2CCN(Cc3ccc4c5c(c(=O)[nH]c4c3F)COC5)CC2)c(C)n1. The van der Waals surface area contributed by atoms with Gasteiger partial charge in [-0.3, -0.25) is 14.5 Å². The first kappa shape index (κ1) is 21.5. The van der Waals surface area contributed by atoms with E-state index in [-0.39, 0.29) is 29.4 Å². The molecule has 0 aliphatic carbocycles. The molecule has 1 amide bonds. The summed E-state index contributed by atoms with van der Waals surface area (Å²) in [5, 5.41) is 3.31. The molecular weight excluding hydrogens is 425 g/mol. The molecule has 0 radical (unpaired) electrons. The van der Waals surface area contributed by atoms with Crippen LogP contribution < -0.4 is 15.8 Å². The minimum absolute atomic E-state index is 0.203.